The number of rotatable bonds is 6. The number of hydrogen-bond acceptors (Lipinski definition) is 3. The Labute approximate surface area is 148 Å². The monoisotopic (exact) mass is 351 g/mol. The van der Waals surface area contributed by atoms with Crippen LogP contribution in [0.5, 0.6) is 0 Å². The van der Waals surface area contributed by atoms with Crippen LogP contribution < -0.4 is 15.9 Å². The zero-order valence-corrected chi connectivity index (χ0v) is 14.9. The molecular weight excluding hydrogens is 331 g/mol. The quantitative estimate of drug-likeness (QED) is 0.388. The number of hydrogen-bond donors (Lipinski definition) is 0. The lowest BCUT2D eigenvalue weighted by molar-refractivity contribution is -0.147. The van der Waals surface area contributed by atoms with Gasteiger partial charge in [0.1, 0.15) is 15.9 Å². The molecule has 3 aromatic rings. The van der Waals surface area contributed by atoms with E-state index in [-0.39, 0.29) is 12.8 Å². The molecule has 0 bridgehead atoms. The second-order valence-electron chi connectivity index (χ2n) is 5.50. The largest absolute Gasteiger partial charge is 0.434 e. The minimum absolute atomic E-state index is 0.0816. The first kappa shape index (κ1) is 17.3. The van der Waals surface area contributed by atoms with E-state index < -0.39 is 7.49 Å². The molecule has 0 fully saturated rings. The summed E-state index contributed by atoms with van der Waals surface area (Å²) in [6, 6.07) is 30.4. The highest BCUT2D eigenvalue weighted by molar-refractivity contribution is 7.91. The summed E-state index contributed by atoms with van der Waals surface area (Å²) in [5.74, 6) is -0.354. The molecule has 3 rings (SSSR count). The van der Waals surface area contributed by atoms with Crippen LogP contribution in [-0.2, 0) is 14.1 Å². The van der Waals surface area contributed by atoms with E-state index in [4.69, 9.17) is 9.26 Å². The first-order valence-corrected chi connectivity index (χ1v) is 9.78. The van der Waals surface area contributed by atoms with Crippen LogP contribution >= 0.6 is 7.49 Å². The Morgan fingerprint density at radius 2 is 1.08 bits per heavy atom. The van der Waals surface area contributed by atoms with Crippen LogP contribution in [-0.4, -0.2) is 12.8 Å². The predicted molar refractivity (Wildman–Crippen MR) is 103 cm³/mol. The summed E-state index contributed by atoms with van der Waals surface area (Å²) < 4.78 is 11.5. The third-order valence-corrected chi connectivity index (χ3v) is 7.44. The Morgan fingerprint density at radius 3 is 1.40 bits per heavy atom. The number of benzene rings is 3. The lowest BCUT2D eigenvalue weighted by Crippen LogP contribution is -2.33. The van der Waals surface area contributed by atoms with Crippen molar-refractivity contribution >= 4 is 29.4 Å². The van der Waals surface area contributed by atoms with Gasteiger partial charge < -0.3 is 4.74 Å². The highest BCUT2D eigenvalue weighted by Gasteiger charge is 2.48. The Morgan fingerprint density at radius 1 is 0.720 bits per heavy atom. The lowest BCUT2D eigenvalue weighted by atomic mass is 10.4. The molecule has 0 saturated heterocycles. The molecule has 0 radical (unpaired) electrons. The molecule has 0 heterocycles. The van der Waals surface area contributed by atoms with Crippen LogP contribution in [0.3, 0.4) is 0 Å². The smallest absolute Gasteiger partial charge is 0.304 e. The van der Waals surface area contributed by atoms with Gasteiger partial charge in [0.2, 0.25) is 14.3 Å². The van der Waals surface area contributed by atoms with Crippen molar-refractivity contribution in [1.29, 1.82) is 0 Å². The Kier molecular flexibility index (Phi) is 5.60. The normalized spacial score (nSPS) is 11.1. The molecule has 3 nitrogen and oxygen atoms in total. The van der Waals surface area contributed by atoms with E-state index >= 15 is 0 Å². The van der Waals surface area contributed by atoms with Crippen molar-refractivity contribution in [3.63, 3.8) is 0 Å². The molecule has 0 saturated carbocycles. The zero-order chi connectivity index (χ0) is 17.5. The van der Waals surface area contributed by atoms with Crippen molar-refractivity contribution in [3.8, 4) is 0 Å². The van der Waals surface area contributed by atoms with E-state index in [0.29, 0.717) is 0 Å². The summed E-state index contributed by atoms with van der Waals surface area (Å²) in [6.07, 6.45) is 0. The Balaban J connectivity index is 2.18. The summed E-state index contributed by atoms with van der Waals surface area (Å²) in [5, 5.41) is 3.25. The molecule has 0 unspecified atom stereocenters. The molecule has 0 N–H and O–H groups in total. The molecule has 0 amide bonds. The van der Waals surface area contributed by atoms with Crippen LogP contribution in [0, 0.1) is 0 Å². The van der Waals surface area contributed by atoms with E-state index in [1.54, 1.807) is 0 Å². The maximum atomic E-state index is 11.2. The molecule has 3 aromatic carbocycles. The third kappa shape index (κ3) is 3.79. The van der Waals surface area contributed by atoms with Crippen LogP contribution in [0.25, 0.3) is 0 Å². The maximum absolute atomic E-state index is 11.2. The highest BCUT2D eigenvalue weighted by Crippen LogP contribution is 2.56. The van der Waals surface area contributed by atoms with Gasteiger partial charge in [0.05, 0.1) is 0 Å². The van der Waals surface area contributed by atoms with Crippen molar-refractivity contribution in [1.82, 2.24) is 0 Å². The van der Waals surface area contributed by atoms with Gasteiger partial charge >= 0.3 is 5.97 Å². The van der Waals surface area contributed by atoms with Gasteiger partial charge in [-0.15, -0.1) is 0 Å². The van der Waals surface area contributed by atoms with E-state index in [9.17, 15) is 4.79 Å². The minimum Gasteiger partial charge on any atom is -0.434 e. The van der Waals surface area contributed by atoms with E-state index in [1.165, 1.54) is 6.92 Å². The summed E-state index contributed by atoms with van der Waals surface area (Å²) in [6.45, 7) is 1.30. The van der Waals surface area contributed by atoms with Crippen LogP contribution in [0.2, 0.25) is 0 Å². The van der Waals surface area contributed by atoms with Gasteiger partial charge in [-0.3, -0.25) is 4.79 Å². The average molecular weight is 351 g/mol. The lowest BCUT2D eigenvalue weighted by Gasteiger charge is -2.25. The predicted octanol–water partition coefficient (Wildman–Crippen LogP) is 3.43. The van der Waals surface area contributed by atoms with Gasteiger partial charge in [-0.1, -0.05) is 54.6 Å². The van der Waals surface area contributed by atoms with Gasteiger partial charge in [0.15, 0.2) is 0 Å². The zero-order valence-electron chi connectivity index (χ0n) is 14.0. The van der Waals surface area contributed by atoms with Crippen LogP contribution in [0.15, 0.2) is 91.0 Å². The number of carbonyl (C=O) groups excluding carboxylic acids is 1. The average Bonchev–Trinajstić information content (AvgIpc) is 2.67. The van der Waals surface area contributed by atoms with Crippen molar-refractivity contribution < 1.29 is 14.1 Å². The molecule has 0 atom stereocenters. The molecule has 0 aliphatic rings. The summed E-state index contributed by atoms with van der Waals surface area (Å²) >= 11 is 0. The third-order valence-electron chi connectivity index (χ3n) is 3.87. The molecule has 0 aliphatic heterocycles. The van der Waals surface area contributed by atoms with Gasteiger partial charge in [0, 0.05) is 6.92 Å². The van der Waals surface area contributed by atoms with Crippen molar-refractivity contribution in [3.05, 3.63) is 91.0 Å². The van der Waals surface area contributed by atoms with Gasteiger partial charge in [-0.05, 0) is 36.4 Å². The topological polar surface area (TPSA) is 35.5 Å². The highest BCUT2D eigenvalue weighted by atomic mass is 31.2. The SMILES string of the molecule is CC(=O)OCO[P+](c1ccccc1)(c1ccccc1)c1ccccc1. The van der Waals surface area contributed by atoms with Gasteiger partial charge in [-0.2, -0.15) is 4.52 Å². The van der Waals surface area contributed by atoms with Crippen LogP contribution in [0.4, 0.5) is 0 Å². The van der Waals surface area contributed by atoms with Crippen molar-refractivity contribution in [2.75, 3.05) is 6.79 Å². The van der Waals surface area contributed by atoms with Gasteiger partial charge in [-0.25, -0.2) is 0 Å². The molecule has 126 valence electrons. The standard InChI is InChI=1S/C21H20O3P/c1-18(22)23-17-24-25(19-11-5-2-6-12-19,20-13-7-3-8-14-20)21-15-9-4-10-16-21/h2-16H,17H2,1H3/q+1. The Hall–Kier alpha value is -2.48. The molecule has 0 aromatic heterocycles. The fourth-order valence-corrected chi connectivity index (χ4v) is 6.10. The van der Waals surface area contributed by atoms with Crippen LogP contribution in [0.1, 0.15) is 6.92 Å². The second-order valence-corrected chi connectivity index (χ2v) is 8.52. The molecular formula is C21H20O3P+. The van der Waals surface area contributed by atoms with Gasteiger partial charge in [0.25, 0.3) is 0 Å². The van der Waals surface area contributed by atoms with E-state index in [0.717, 1.165) is 15.9 Å². The first-order chi connectivity index (χ1) is 12.2. The summed E-state index contributed by atoms with van der Waals surface area (Å²) in [4.78, 5) is 11.2. The minimum atomic E-state index is -2.39. The maximum Gasteiger partial charge on any atom is 0.304 e. The van der Waals surface area contributed by atoms with Crippen molar-refractivity contribution in [2.45, 2.75) is 6.92 Å². The fraction of sp³-hybridized carbons (Fsp3) is 0.0952. The number of ether oxygens (including phenoxy) is 1. The molecule has 25 heavy (non-hydrogen) atoms. The second kappa shape index (κ2) is 8.06. The van der Waals surface area contributed by atoms with E-state index in [1.807, 2.05) is 54.6 Å². The van der Waals surface area contributed by atoms with Crippen molar-refractivity contribution in [2.24, 2.45) is 0 Å². The summed E-state index contributed by atoms with van der Waals surface area (Å²) in [5.41, 5.74) is 0. The molecule has 0 spiro atoms. The van der Waals surface area contributed by atoms with E-state index in [2.05, 4.69) is 36.4 Å². The fourth-order valence-electron chi connectivity index (χ4n) is 2.77. The molecule has 0 aliphatic carbocycles. The summed E-state index contributed by atoms with van der Waals surface area (Å²) in [7, 11) is -2.39. The molecule has 4 heteroatoms. The number of carbonyl (C=O) groups is 1. The number of esters is 1. The first-order valence-electron chi connectivity index (χ1n) is 8.07. The Bertz CT molecular complexity index is 708.